The van der Waals surface area contributed by atoms with Gasteiger partial charge in [-0.3, -0.25) is 4.98 Å². The van der Waals surface area contributed by atoms with Crippen molar-refractivity contribution in [1.29, 1.82) is 5.26 Å². The van der Waals surface area contributed by atoms with Crippen LogP contribution >= 0.6 is 0 Å². The van der Waals surface area contributed by atoms with E-state index in [-0.39, 0.29) is 0 Å². The van der Waals surface area contributed by atoms with Crippen LogP contribution in [0.15, 0.2) is 182 Å². The number of rotatable bonds is 3. The van der Waals surface area contributed by atoms with E-state index in [1.807, 2.05) is 30.6 Å². The van der Waals surface area contributed by atoms with E-state index >= 15 is 0 Å². The van der Waals surface area contributed by atoms with E-state index < -0.39 is 5.41 Å². The highest BCUT2D eigenvalue weighted by atomic mass is 15.2. The van der Waals surface area contributed by atoms with E-state index in [4.69, 9.17) is 0 Å². The van der Waals surface area contributed by atoms with E-state index in [1.54, 1.807) is 0 Å². The first-order valence-electron chi connectivity index (χ1n) is 17.9. The molecule has 0 saturated heterocycles. The molecule has 4 nitrogen and oxygen atoms in total. The number of pyridine rings is 1. The Labute approximate surface area is 307 Å². The first-order valence-corrected chi connectivity index (χ1v) is 17.9. The molecule has 246 valence electrons. The molecule has 1 spiro atoms. The molecule has 11 rings (SSSR count). The van der Waals surface area contributed by atoms with E-state index in [9.17, 15) is 5.26 Å². The van der Waals surface area contributed by atoms with E-state index in [0.717, 1.165) is 55.7 Å². The predicted octanol–water partition coefficient (Wildman–Crippen LogP) is 11.9. The summed E-state index contributed by atoms with van der Waals surface area (Å²) in [6.07, 6.45) is 3.82. The third kappa shape index (κ3) is 3.96. The van der Waals surface area contributed by atoms with Gasteiger partial charge < -0.3 is 9.47 Å². The quantitative estimate of drug-likeness (QED) is 0.187. The van der Waals surface area contributed by atoms with Crippen LogP contribution in [-0.4, -0.2) is 9.55 Å². The molecule has 0 unspecified atom stereocenters. The number of benzene rings is 7. The number of aromatic nitrogens is 2. The molecule has 0 amide bonds. The third-order valence-corrected chi connectivity index (χ3v) is 11.3. The number of para-hydroxylation sites is 3. The van der Waals surface area contributed by atoms with E-state index in [2.05, 4.69) is 172 Å². The van der Waals surface area contributed by atoms with Crippen molar-refractivity contribution in [2.24, 2.45) is 0 Å². The van der Waals surface area contributed by atoms with Gasteiger partial charge in [0.1, 0.15) is 0 Å². The molecule has 0 radical (unpaired) electrons. The summed E-state index contributed by atoms with van der Waals surface area (Å²) in [6.45, 7) is 0. The molecule has 0 N–H and O–H groups in total. The molecule has 3 heterocycles. The Hall–Kier alpha value is -7.22. The highest BCUT2D eigenvalue weighted by Crippen LogP contribution is 2.63. The Bertz CT molecular complexity index is 2850. The van der Waals surface area contributed by atoms with Crippen LogP contribution in [-0.2, 0) is 5.41 Å². The molecule has 2 aliphatic rings. The lowest BCUT2D eigenvalue weighted by atomic mass is 9.64. The molecule has 1 aliphatic carbocycles. The van der Waals surface area contributed by atoms with Gasteiger partial charge in [0.15, 0.2) is 0 Å². The Kier molecular flexibility index (Phi) is 6.20. The van der Waals surface area contributed by atoms with Crippen molar-refractivity contribution in [3.05, 3.63) is 210 Å². The van der Waals surface area contributed by atoms with Gasteiger partial charge in [0, 0.05) is 34.5 Å². The molecule has 0 fully saturated rings. The Morgan fingerprint density at radius 3 is 1.74 bits per heavy atom. The Morgan fingerprint density at radius 1 is 0.491 bits per heavy atom. The van der Waals surface area contributed by atoms with Gasteiger partial charge in [-0.2, -0.15) is 5.26 Å². The van der Waals surface area contributed by atoms with Crippen molar-refractivity contribution in [3.8, 4) is 34.0 Å². The minimum absolute atomic E-state index is 0.495. The molecule has 2 aromatic heterocycles. The molecular weight excluding hydrogens is 645 g/mol. The van der Waals surface area contributed by atoms with Crippen LogP contribution in [0.2, 0.25) is 0 Å². The van der Waals surface area contributed by atoms with Crippen LogP contribution in [0.4, 0.5) is 17.1 Å². The first kappa shape index (κ1) is 29.5. The van der Waals surface area contributed by atoms with Crippen LogP contribution in [0.5, 0.6) is 0 Å². The molecule has 7 aromatic carbocycles. The Morgan fingerprint density at radius 2 is 1.04 bits per heavy atom. The smallest absolute Gasteiger partial charge is 0.0998 e. The number of nitrogens with zero attached hydrogens (tertiary/aromatic N) is 4. The van der Waals surface area contributed by atoms with Gasteiger partial charge in [-0.25, -0.2) is 0 Å². The van der Waals surface area contributed by atoms with Crippen LogP contribution in [0.3, 0.4) is 0 Å². The van der Waals surface area contributed by atoms with E-state index in [1.165, 1.54) is 33.4 Å². The van der Waals surface area contributed by atoms with Gasteiger partial charge in [0.2, 0.25) is 0 Å². The summed E-state index contributed by atoms with van der Waals surface area (Å²) in [5.41, 5.74) is 16.1. The maximum atomic E-state index is 10.3. The van der Waals surface area contributed by atoms with Crippen LogP contribution in [0.25, 0.3) is 49.7 Å². The number of hydrogen-bond acceptors (Lipinski definition) is 3. The second-order valence-corrected chi connectivity index (χ2v) is 13.9. The van der Waals surface area contributed by atoms with Crippen LogP contribution < -0.4 is 4.90 Å². The fourth-order valence-electron chi connectivity index (χ4n) is 9.28. The van der Waals surface area contributed by atoms with Gasteiger partial charge in [-0.05, 0) is 93.0 Å². The van der Waals surface area contributed by atoms with Crippen LogP contribution in [0, 0.1) is 11.3 Å². The van der Waals surface area contributed by atoms with Crippen molar-refractivity contribution in [1.82, 2.24) is 9.55 Å². The molecule has 53 heavy (non-hydrogen) atoms. The summed E-state index contributed by atoms with van der Waals surface area (Å²) in [5.74, 6) is 0. The Balaban J connectivity index is 1.24. The monoisotopic (exact) mass is 674 g/mol. The van der Waals surface area contributed by atoms with Crippen molar-refractivity contribution in [2.45, 2.75) is 5.41 Å². The van der Waals surface area contributed by atoms with Gasteiger partial charge in [-0.15, -0.1) is 0 Å². The normalized spacial score (nSPS) is 13.4. The summed E-state index contributed by atoms with van der Waals surface area (Å²) < 4.78 is 2.33. The molecule has 9 aromatic rings. The molecule has 0 atom stereocenters. The standard InChI is InChI=1S/C49H30N4/c50-30-32-13-1-2-14-36(32)33-27-34(52-45-22-10-5-17-39(45)40-31-51-26-25-46(40)52)29-35(28-33)53-47-23-11-8-20-43(47)49(44-21-9-12-24-48(44)53)41-18-6-3-15-37(41)38-16-4-7-19-42(38)49/h1-29,31H. The van der Waals surface area contributed by atoms with Gasteiger partial charge in [-0.1, -0.05) is 121 Å². The third-order valence-electron chi connectivity index (χ3n) is 11.3. The summed E-state index contributed by atoms with van der Waals surface area (Å²) >= 11 is 0. The van der Waals surface area contributed by atoms with Gasteiger partial charge >= 0.3 is 0 Å². The second kappa shape index (κ2) is 11.1. The number of nitriles is 1. The molecular formula is C49H30N4. The highest BCUT2D eigenvalue weighted by molar-refractivity contribution is 6.09. The lowest BCUT2D eigenvalue weighted by molar-refractivity contribution is 0.752. The lowest BCUT2D eigenvalue weighted by Crippen LogP contribution is -2.36. The average molecular weight is 675 g/mol. The maximum Gasteiger partial charge on any atom is 0.0998 e. The van der Waals surface area contributed by atoms with Crippen LogP contribution in [0.1, 0.15) is 27.8 Å². The SMILES string of the molecule is N#Cc1ccccc1-c1cc(N2c3ccccc3C3(c4ccccc4-c4ccccc43)c3ccccc32)cc(-n2c3ccccc3c3cnccc32)c1. The van der Waals surface area contributed by atoms with Gasteiger partial charge in [0.05, 0.1) is 39.5 Å². The second-order valence-electron chi connectivity index (χ2n) is 13.9. The highest BCUT2D eigenvalue weighted by Gasteiger charge is 2.51. The van der Waals surface area contributed by atoms with Gasteiger partial charge in [0.25, 0.3) is 0 Å². The van der Waals surface area contributed by atoms with Crippen molar-refractivity contribution in [2.75, 3.05) is 4.90 Å². The topological polar surface area (TPSA) is 44.9 Å². The zero-order valence-electron chi connectivity index (χ0n) is 28.6. The predicted molar refractivity (Wildman–Crippen MR) is 214 cm³/mol. The lowest BCUT2D eigenvalue weighted by Gasteiger charge is -2.45. The largest absolute Gasteiger partial charge is 0.310 e. The molecule has 4 heteroatoms. The summed E-state index contributed by atoms with van der Waals surface area (Å²) in [4.78, 5) is 6.94. The molecule has 1 aliphatic heterocycles. The average Bonchev–Trinajstić information content (AvgIpc) is 3.72. The minimum Gasteiger partial charge on any atom is -0.310 e. The zero-order chi connectivity index (χ0) is 35.1. The van der Waals surface area contributed by atoms with Crippen molar-refractivity contribution < 1.29 is 0 Å². The fraction of sp³-hybridized carbons (Fsp3) is 0.0204. The molecule has 0 bridgehead atoms. The molecule has 0 saturated carbocycles. The number of fused-ring (bicyclic) bond motifs is 12. The summed E-state index contributed by atoms with van der Waals surface area (Å²) in [5, 5.41) is 12.5. The zero-order valence-corrected chi connectivity index (χ0v) is 28.6. The first-order chi connectivity index (χ1) is 26.3. The fourth-order valence-corrected chi connectivity index (χ4v) is 9.28. The maximum absolute atomic E-state index is 10.3. The van der Waals surface area contributed by atoms with Crippen molar-refractivity contribution in [3.63, 3.8) is 0 Å². The summed E-state index contributed by atoms with van der Waals surface area (Å²) in [6, 6.07) is 63.3. The summed E-state index contributed by atoms with van der Waals surface area (Å²) in [7, 11) is 0. The minimum atomic E-state index is -0.495. The number of anilines is 3. The van der Waals surface area contributed by atoms with E-state index in [0.29, 0.717) is 5.56 Å². The van der Waals surface area contributed by atoms with Crippen molar-refractivity contribution >= 4 is 38.9 Å². The number of hydrogen-bond donors (Lipinski definition) is 0.